The number of Topliss-reactive ketones (excluding diaryl/α,β-unsaturated/α-hetero) is 1. The SMILES string of the molecule is CCCOC(=O)C(=O)C(Cl)C(=O)OCCC. The zero-order valence-corrected chi connectivity index (χ0v) is 10.1. The molecule has 0 rings (SSSR count). The molecule has 6 heteroatoms. The highest BCUT2D eigenvalue weighted by molar-refractivity contribution is 6.54. The van der Waals surface area contributed by atoms with Crippen LogP contribution in [0.2, 0.25) is 0 Å². The molecule has 0 bridgehead atoms. The molecule has 0 saturated heterocycles. The van der Waals surface area contributed by atoms with E-state index in [1.807, 2.05) is 0 Å². The van der Waals surface area contributed by atoms with Crippen molar-refractivity contribution >= 4 is 29.3 Å². The van der Waals surface area contributed by atoms with Crippen LogP contribution in [0.5, 0.6) is 0 Å². The molecule has 1 atom stereocenters. The number of hydrogen-bond acceptors (Lipinski definition) is 5. The van der Waals surface area contributed by atoms with Crippen LogP contribution in [-0.4, -0.2) is 36.3 Å². The minimum atomic E-state index is -1.61. The molecule has 92 valence electrons. The summed E-state index contributed by atoms with van der Waals surface area (Å²) in [6.45, 7) is 3.87. The minimum Gasteiger partial charge on any atom is -0.464 e. The molecule has 0 heterocycles. The van der Waals surface area contributed by atoms with Gasteiger partial charge in [-0.3, -0.25) is 4.79 Å². The number of alkyl halides is 1. The third-order valence-corrected chi connectivity index (χ3v) is 1.90. The van der Waals surface area contributed by atoms with Crippen LogP contribution >= 0.6 is 11.6 Å². The molecule has 0 amide bonds. The first-order valence-corrected chi connectivity index (χ1v) is 5.49. The van der Waals surface area contributed by atoms with E-state index in [-0.39, 0.29) is 13.2 Å². The van der Waals surface area contributed by atoms with Crippen molar-refractivity contribution in [2.24, 2.45) is 0 Å². The molecule has 0 fully saturated rings. The quantitative estimate of drug-likeness (QED) is 0.293. The van der Waals surface area contributed by atoms with Gasteiger partial charge in [-0.2, -0.15) is 0 Å². The molecule has 0 aliphatic rings. The van der Waals surface area contributed by atoms with E-state index < -0.39 is 23.1 Å². The minimum absolute atomic E-state index is 0.123. The molecule has 0 aliphatic heterocycles. The molecule has 0 aliphatic carbocycles. The number of carbonyl (C=O) groups excluding carboxylic acids is 3. The topological polar surface area (TPSA) is 69.7 Å². The normalized spacial score (nSPS) is 11.7. The first kappa shape index (κ1) is 14.9. The number of ketones is 1. The molecule has 0 saturated carbocycles. The van der Waals surface area contributed by atoms with Crippen LogP contribution in [0.15, 0.2) is 0 Å². The highest BCUT2D eigenvalue weighted by atomic mass is 35.5. The number of esters is 2. The lowest BCUT2D eigenvalue weighted by Crippen LogP contribution is -2.34. The molecular formula is C10H15ClO5. The Morgan fingerprint density at radius 2 is 1.56 bits per heavy atom. The Bertz CT molecular complexity index is 264. The molecule has 0 aromatic rings. The van der Waals surface area contributed by atoms with Gasteiger partial charge in [0, 0.05) is 0 Å². The van der Waals surface area contributed by atoms with Crippen molar-refractivity contribution in [1.82, 2.24) is 0 Å². The van der Waals surface area contributed by atoms with E-state index in [1.54, 1.807) is 13.8 Å². The average Bonchev–Trinajstić information content (AvgIpc) is 2.30. The van der Waals surface area contributed by atoms with Crippen LogP contribution < -0.4 is 0 Å². The van der Waals surface area contributed by atoms with Crippen LogP contribution in [0, 0.1) is 0 Å². The Morgan fingerprint density at radius 1 is 1.06 bits per heavy atom. The predicted molar refractivity (Wildman–Crippen MR) is 57.1 cm³/mol. The van der Waals surface area contributed by atoms with Gasteiger partial charge in [0.15, 0.2) is 0 Å². The van der Waals surface area contributed by atoms with E-state index in [1.165, 1.54) is 0 Å². The van der Waals surface area contributed by atoms with Crippen molar-refractivity contribution in [3.8, 4) is 0 Å². The van der Waals surface area contributed by atoms with Crippen LogP contribution in [0.1, 0.15) is 26.7 Å². The predicted octanol–water partition coefficient (Wildman–Crippen LogP) is 1.07. The van der Waals surface area contributed by atoms with Gasteiger partial charge in [-0.1, -0.05) is 13.8 Å². The second-order valence-electron chi connectivity index (χ2n) is 3.03. The maximum absolute atomic E-state index is 11.2. The molecule has 0 spiro atoms. The zero-order chi connectivity index (χ0) is 12.6. The monoisotopic (exact) mass is 250 g/mol. The molecule has 16 heavy (non-hydrogen) atoms. The third-order valence-electron chi connectivity index (χ3n) is 1.52. The van der Waals surface area contributed by atoms with Gasteiger partial charge in [0.1, 0.15) is 0 Å². The van der Waals surface area contributed by atoms with Gasteiger partial charge in [-0.05, 0) is 12.8 Å². The van der Waals surface area contributed by atoms with E-state index in [9.17, 15) is 14.4 Å². The average molecular weight is 251 g/mol. The van der Waals surface area contributed by atoms with Gasteiger partial charge in [0.2, 0.25) is 5.38 Å². The summed E-state index contributed by atoms with van der Waals surface area (Å²) in [6.07, 6.45) is 1.20. The number of rotatable bonds is 7. The van der Waals surface area contributed by atoms with Crippen molar-refractivity contribution in [1.29, 1.82) is 0 Å². The zero-order valence-electron chi connectivity index (χ0n) is 9.32. The van der Waals surface area contributed by atoms with Crippen molar-refractivity contribution in [2.75, 3.05) is 13.2 Å². The van der Waals surface area contributed by atoms with Crippen molar-refractivity contribution in [3.63, 3.8) is 0 Å². The van der Waals surface area contributed by atoms with E-state index in [2.05, 4.69) is 9.47 Å². The molecule has 0 radical (unpaired) electrons. The maximum Gasteiger partial charge on any atom is 0.376 e. The number of halogens is 1. The first-order valence-electron chi connectivity index (χ1n) is 5.06. The lowest BCUT2D eigenvalue weighted by Gasteiger charge is -2.07. The van der Waals surface area contributed by atoms with Gasteiger partial charge < -0.3 is 9.47 Å². The highest BCUT2D eigenvalue weighted by Gasteiger charge is 2.32. The number of carbonyl (C=O) groups is 3. The summed E-state index contributed by atoms with van der Waals surface area (Å²) in [5, 5.41) is -1.61. The summed E-state index contributed by atoms with van der Waals surface area (Å²) in [5.74, 6) is -3.10. The molecular weight excluding hydrogens is 236 g/mol. The van der Waals surface area contributed by atoms with E-state index in [4.69, 9.17) is 11.6 Å². The summed E-state index contributed by atoms with van der Waals surface area (Å²) in [6, 6.07) is 0. The molecule has 1 unspecified atom stereocenters. The smallest absolute Gasteiger partial charge is 0.376 e. The van der Waals surface area contributed by atoms with Gasteiger partial charge in [0.25, 0.3) is 5.78 Å². The lowest BCUT2D eigenvalue weighted by atomic mass is 10.3. The van der Waals surface area contributed by atoms with Crippen LogP contribution in [0.4, 0.5) is 0 Å². The van der Waals surface area contributed by atoms with Crippen LogP contribution in [-0.2, 0) is 23.9 Å². The summed E-state index contributed by atoms with van der Waals surface area (Å²) in [5.41, 5.74) is 0. The highest BCUT2D eigenvalue weighted by Crippen LogP contribution is 2.03. The first-order chi connectivity index (χ1) is 7.54. The van der Waals surface area contributed by atoms with E-state index >= 15 is 0 Å². The van der Waals surface area contributed by atoms with Gasteiger partial charge in [-0.15, -0.1) is 11.6 Å². The van der Waals surface area contributed by atoms with E-state index in [0.29, 0.717) is 12.8 Å². The Kier molecular flexibility index (Phi) is 7.54. The van der Waals surface area contributed by atoms with Gasteiger partial charge in [0.05, 0.1) is 13.2 Å². The number of hydrogen-bond donors (Lipinski definition) is 0. The molecule has 0 aromatic carbocycles. The maximum atomic E-state index is 11.2. The molecule has 0 aromatic heterocycles. The summed E-state index contributed by atoms with van der Waals surface area (Å²) >= 11 is 5.47. The Morgan fingerprint density at radius 3 is 2.06 bits per heavy atom. The fraction of sp³-hybridized carbons (Fsp3) is 0.700. The molecule has 0 N–H and O–H groups in total. The second-order valence-corrected chi connectivity index (χ2v) is 3.47. The second kappa shape index (κ2) is 8.10. The van der Waals surface area contributed by atoms with E-state index in [0.717, 1.165) is 0 Å². The summed E-state index contributed by atoms with van der Waals surface area (Å²) < 4.78 is 9.18. The Labute approximate surface area is 99.0 Å². The molecule has 5 nitrogen and oxygen atoms in total. The summed E-state index contributed by atoms with van der Waals surface area (Å²) in [4.78, 5) is 33.4. The van der Waals surface area contributed by atoms with Crippen molar-refractivity contribution in [3.05, 3.63) is 0 Å². The van der Waals surface area contributed by atoms with Gasteiger partial charge >= 0.3 is 11.9 Å². The number of ether oxygens (including phenoxy) is 2. The standard InChI is InChI=1S/C10H15ClO5/c1-3-5-15-9(13)7(11)8(12)10(14)16-6-4-2/h7H,3-6H2,1-2H3. The Balaban J connectivity index is 4.15. The fourth-order valence-corrected chi connectivity index (χ4v) is 0.904. The van der Waals surface area contributed by atoms with Crippen molar-refractivity contribution in [2.45, 2.75) is 32.1 Å². The van der Waals surface area contributed by atoms with Crippen LogP contribution in [0.25, 0.3) is 0 Å². The van der Waals surface area contributed by atoms with Crippen LogP contribution in [0.3, 0.4) is 0 Å². The largest absolute Gasteiger partial charge is 0.464 e. The van der Waals surface area contributed by atoms with Crippen molar-refractivity contribution < 1.29 is 23.9 Å². The van der Waals surface area contributed by atoms with Gasteiger partial charge in [-0.25, -0.2) is 9.59 Å². The lowest BCUT2D eigenvalue weighted by molar-refractivity contribution is -0.157. The fourth-order valence-electron chi connectivity index (χ4n) is 0.752. The summed E-state index contributed by atoms with van der Waals surface area (Å²) in [7, 11) is 0. The Hall–Kier alpha value is -1.10. The third kappa shape index (κ3) is 5.11.